The molecule has 0 bridgehead atoms. The fourth-order valence-electron chi connectivity index (χ4n) is 3.22. The molecular weight excluding hydrogens is 494 g/mol. The number of unbranched alkanes of at least 4 members (excludes halogenated alkanes) is 1. The first-order valence-corrected chi connectivity index (χ1v) is 12.9. The van der Waals surface area contributed by atoms with Gasteiger partial charge < -0.3 is 9.30 Å². The number of fused-ring (bicyclic) bond motifs is 1. The summed E-state index contributed by atoms with van der Waals surface area (Å²) in [6, 6.07) is 8.07. The van der Waals surface area contributed by atoms with Crippen molar-refractivity contribution in [2.45, 2.75) is 40.2 Å². The first kappa shape index (κ1) is 26.2. The molecule has 0 saturated carbocycles. The Bertz CT molecular complexity index is 1380. The first-order chi connectivity index (χ1) is 16.6. The maximum atomic E-state index is 12.6. The molecule has 0 unspecified atom stereocenters. The molecule has 3 aromatic rings. The number of carbonyl (C=O) groups is 2. The van der Waals surface area contributed by atoms with Gasteiger partial charge in [0.05, 0.1) is 13.2 Å². The van der Waals surface area contributed by atoms with Crippen LogP contribution in [0.25, 0.3) is 11.2 Å². The summed E-state index contributed by atoms with van der Waals surface area (Å²) in [5, 5.41) is 3.97. The van der Waals surface area contributed by atoms with Crippen LogP contribution in [0, 0.1) is 6.92 Å². The molecule has 0 aliphatic heterocycles. The Hall–Kier alpha value is -3.44. The van der Waals surface area contributed by atoms with E-state index in [2.05, 4.69) is 15.3 Å². The van der Waals surface area contributed by atoms with Crippen LogP contribution in [0.2, 0.25) is 5.02 Å². The lowest BCUT2D eigenvalue weighted by atomic mass is 10.2. The number of ether oxygens (including phenoxy) is 1. The molecule has 3 rings (SSSR count). The summed E-state index contributed by atoms with van der Waals surface area (Å²) in [6.07, 6.45) is 2.28. The van der Waals surface area contributed by atoms with Crippen LogP contribution < -0.4 is 10.0 Å². The second-order valence-corrected chi connectivity index (χ2v) is 9.55. The van der Waals surface area contributed by atoms with E-state index < -0.39 is 22.0 Å². The smallest absolute Gasteiger partial charge is 0.411 e. The van der Waals surface area contributed by atoms with Gasteiger partial charge in [0.2, 0.25) is 0 Å². The third kappa shape index (κ3) is 6.80. The van der Waals surface area contributed by atoms with Crippen molar-refractivity contribution < 1.29 is 22.7 Å². The van der Waals surface area contributed by atoms with E-state index in [1.807, 2.05) is 11.6 Å². The van der Waals surface area contributed by atoms with Gasteiger partial charge in [0.1, 0.15) is 17.0 Å². The molecule has 0 fully saturated rings. The predicted octanol–water partition coefficient (Wildman–Crippen LogP) is 4.38. The van der Waals surface area contributed by atoms with Crippen molar-refractivity contribution in [1.82, 2.24) is 19.3 Å². The lowest BCUT2D eigenvalue weighted by molar-refractivity contribution is 0.0977. The van der Waals surface area contributed by atoms with Crippen LogP contribution in [0.15, 0.2) is 41.8 Å². The molecule has 35 heavy (non-hydrogen) atoms. The highest BCUT2D eigenvalue weighted by Crippen LogP contribution is 2.24. The number of nitrogens with one attached hydrogen (secondary N) is 2. The predicted molar refractivity (Wildman–Crippen MR) is 134 cm³/mol. The zero-order valence-corrected chi connectivity index (χ0v) is 21.1. The van der Waals surface area contributed by atoms with Crippen LogP contribution in [0.4, 0.5) is 10.5 Å². The molecule has 0 saturated heterocycles. The van der Waals surface area contributed by atoms with Gasteiger partial charge in [-0.15, -0.1) is 0 Å². The van der Waals surface area contributed by atoms with Crippen LogP contribution >= 0.6 is 11.6 Å². The molecule has 0 spiro atoms. The standard InChI is InChI=1S/C23H26ClN5O5S/c1-4-6-7-12-35(32,33)28-22(30)20-11-10-19-21(27-20)29(15(3)25-19)14-16-8-9-17(13-18(16)24)26-23(31)34-5-2/h7-13H,4-6,14H2,1-3H3,(H,26,31)(H,28,30). The number of carbonyl (C=O) groups excluding carboxylic acids is 2. The number of amides is 2. The fraction of sp³-hybridized carbons (Fsp3) is 0.304. The molecule has 10 nitrogen and oxygen atoms in total. The lowest BCUT2D eigenvalue weighted by Crippen LogP contribution is -2.29. The van der Waals surface area contributed by atoms with E-state index in [9.17, 15) is 18.0 Å². The van der Waals surface area contributed by atoms with Crippen molar-refractivity contribution in [3.63, 3.8) is 0 Å². The SMILES string of the molecule is CCCC=CS(=O)(=O)NC(=O)c1ccc2nc(C)n(Cc3ccc(NC(=O)OCC)cc3Cl)c2n1. The molecule has 2 heterocycles. The van der Waals surface area contributed by atoms with Gasteiger partial charge in [0.15, 0.2) is 5.65 Å². The zero-order chi connectivity index (χ0) is 25.6. The van der Waals surface area contributed by atoms with Gasteiger partial charge in [0, 0.05) is 16.1 Å². The normalized spacial score (nSPS) is 11.7. The van der Waals surface area contributed by atoms with Crippen molar-refractivity contribution in [3.8, 4) is 0 Å². The minimum atomic E-state index is -3.93. The number of hydrogen-bond acceptors (Lipinski definition) is 7. The molecule has 0 aliphatic carbocycles. The number of pyridine rings is 1. The second kappa shape index (κ2) is 11.3. The lowest BCUT2D eigenvalue weighted by Gasteiger charge is -2.11. The highest BCUT2D eigenvalue weighted by molar-refractivity contribution is 7.92. The number of rotatable bonds is 9. The van der Waals surface area contributed by atoms with Gasteiger partial charge in [0.25, 0.3) is 15.9 Å². The number of nitrogens with zero attached hydrogens (tertiary/aromatic N) is 3. The van der Waals surface area contributed by atoms with Crippen molar-refractivity contribution in [1.29, 1.82) is 0 Å². The van der Waals surface area contributed by atoms with Crippen LogP contribution in [0.1, 0.15) is 48.6 Å². The molecular formula is C23H26ClN5O5S. The van der Waals surface area contributed by atoms with E-state index in [4.69, 9.17) is 16.3 Å². The molecule has 2 amide bonds. The van der Waals surface area contributed by atoms with Gasteiger partial charge >= 0.3 is 6.09 Å². The van der Waals surface area contributed by atoms with Gasteiger partial charge in [-0.1, -0.05) is 37.1 Å². The zero-order valence-electron chi connectivity index (χ0n) is 19.5. The number of halogens is 1. The number of imidazole rings is 1. The summed E-state index contributed by atoms with van der Waals surface area (Å²) in [5.41, 5.74) is 2.09. The van der Waals surface area contributed by atoms with Crippen molar-refractivity contribution in [2.75, 3.05) is 11.9 Å². The van der Waals surface area contributed by atoms with Crippen LogP contribution in [-0.4, -0.2) is 41.6 Å². The van der Waals surface area contributed by atoms with Gasteiger partial charge in [-0.2, -0.15) is 0 Å². The minimum absolute atomic E-state index is 0.0637. The highest BCUT2D eigenvalue weighted by atomic mass is 35.5. The van der Waals surface area contributed by atoms with Crippen molar-refractivity contribution in [3.05, 3.63) is 63.9 Å². The number of benzene rings is 1. The Morgan fingerprint density at radius 3 is 2.63 bits per heavy atom. The monoisotopic (exact) mass is 519 g/mol. The topological polar surface area (TPSA) is 132 Å². The maximum absolute atomic E-state index is 12.6. The average molecular weight is 520 g/mol. The van der Waals surface area contributed by atoms with Crippen LogP contribution in [-0.2, 0) is 21.3 Å². The number of aromatic nitrogens is 3. The Labute approximate surface area is 208 Å². The largest absolute Gasteiger partial charge is 0.450 e. The van der Waals surface area contributed by atoms with Crippen LogP contribution in [0.3, 0.4) is 0 Å². The van der Waals surface area contributed by atoms with E-state index in [1.54, 1.807) is 42.7 Å². The molecule has 2 N–H and O–H groups in total. The van der Waals surface area contributed by atoms with E-state index >= 15 is 0 Å². The van der Waals surface area contributed by atoms with Crippen molar-refractivity contribution in [2.24, 2.45) is 0 Å². The maximum Gasteiger partial charge on any atom is 0.411 e. The summed E-state index contributed by atoms with van der Waals surface area (Å²) in [6.45, 7) is 5.95. The van der Waals surface area contributed by atoms with E-state index in [0.717, 1.165) is 17.4 Å². The molecule has 12 heteroatoms. The molecule has 2 aromatic heterocycles. The van der Waals surface area contributed by atoms with E-state index in [-0.39, 0.29) is 18.8 Å². The highest BCUT2D eigenvalue weighted by Gasteiger charge is 2.18. The molecule has 0 aliphatic rings. The molecule has 1 aromatic carbocycles. The minimum Gasteiger partial charge on any atom is -0.450 e. The molecule has 0 atom stereocenters. The number of hydrogen-bond donors (Lipinski definition) is 2. The summed E-state index contributed by atoms with van der Waals surface area (Å²) in [5.74, 6) is -0.212. The van der Waals surface area contributed by atoms with E-state index in [0.29, 0.717) is 34.1 Å². The summed E-state index contributed by atoms with van der Waals surface area (Å²) in [7, 11) is -3.93. The van der Waals surface area contributed by atoms with Gasteiger partial charge in [-0.25, -0.2) is 27.9 Å². The summed E-state index contributed by atoms with van der Waals surface area (Å²) < 4.78 is 32.9. The number of anilines is 1. The first-order valence-electron chi connectivity index (χ1n) is 10.9. The molecule has 0 radical (unpaired) electrons. The second-order valence-electron chi connectivity index (χ2n) is 7.57. The number of aryl methyl sites for hydroxylation is 1. The Kier molecular flexibility index (Phi) is 8.47. The Morgan fingerprint density at radius 2 is 1.94 bits per heavy atom. The summed E-state index contributed by atoms with van der Waals surface area (Å²) >= 11 is 6.43. The van der Waals surface area contributed by atoms with E-state index in [1.165, 1.54) is 12.1 Å². The average Bonchev–Trinajstić information content (AvgIpc) is 3.09. The number of sulfonamides is 1. The quantitative estimate of drug-likeness (QED) is 0.428. The van der Waals surface area contributed by atoms with Gasteiger partial charge in [-0.3, -0.25) is 10.1 Å². The third-order valence-electron chi connectivity index (χ3n) is 4.88. The summed E-state index contributed by atoms with van der Waals surface area (Å²) in [4.78, 5) is 33.0. The third-order valence-corrected chi connectivity index (χ3v) is 6.26. The fourth-order valence-corrected chi connectivity index (χ4v) is 4.28. The Balaban J connectivity index is 1.85. The van der Waals surface area contributed by atoms with Gasteiger partial charge in [-0.05, 0) is 50.1 Å². The molecule has 186 valence electrons. The van der Waals surface area contributed by atoms with Crippen molar-refractivity contribution >= 4 is 50.5 Å². The Morgan fingerprint density at radius 1 is 1.17 bits per heavy atom. The number of allylic oxidation sites excluding steroid dienone is 1. The van der Waals surface area contributed by atoms with Crippen LogP contribution in [0.5, 0.6) is 0 Å².